The second-order valence-electron chi connectivity index (χ2n) is 4.28. The Morgan fingerprint density at radius 1 is 1.50 bits per heavy atom. The number of aromatic nitrogens is 2. The molecule has 1 N–H and O–H groups in total. The highest BCUT2D eigenvalue weighted by atomic mass is 16.4. The molecule has 1 saturated heterocycles. The summed E-state index contributed by atoms with van der Waals surface area (Å²) < 4.78 is 0. The van der Waals surface area contributed by atoms with Crippen LogP contribution in [0.3, 0.4) is 0 Å². The lowest BCUT2D eigenvalue weighted by Gasteiger charge is -2.31. The molecular formula is C11H15N3O2. The Labute approximate surface area is 94.1 Å². The first-order valence-electron chi connectivity index (χ1n) is 5.49. The predicted molar refractivity (Wildman–Crippen MR) is 59.6 cm³/mol. The standard InChI is InChI=1S/C11H15N3O2/c1-8-3-2-6-14(7-8)10-5-4-9(11(15)16)12-13-10/h4-5,8H,2-3,6-7H2,1H3,(H,15,16)/t8-/m1/s1. The first-order valence-corrected chi connectivity index (χ1v) is 5.49. The van der Waals surface area contributed by atoms with Gasteiger partial charge in [-0.05, 0) is 30.9 Å². The molecule has 0 aromatic carbocycles. The Kier molecular flexibility index (Phi) is 3.03. The van der Waals surface area contributed by atoms with Gasteiger partial charge in [0.15, 0.2) is 11.5 Å². The maximum atomic E-state index is 10.6. The Balaban J connectivity index is 2.11. The van der Waals surface area contributed by atoms with Crippen LogP contribution in [0.2, 0.25) is 0 Å². The highest BCUT2D eigenvalue weighted by Gasteiger charge is 2.18. The van der Waals surface area contributed by atoms with Gasteiger partial charge in [0.25, 0.3) is 0 Å². The van der Waals surface area contributed by atoms with Crippen molar-refractivity contribution >= 4 is 11.8 Å². The minimum atomic E-state index is -1.04. The molecular weight excluding hydrogens is 206 g/mol. The predicted octanol–water partition coefficient (Wildman–Crippen LogP) is 1.41. The van der Waals surface area contributed by atoms with E-state index in [-0.39, 0.29) is 5.69 Å². The van der Waals surface area contributed by atoms with E-state index in [0.717, 1.165) is 25.3 Å². The Morgan fingerprint density at radius 2 is 2.31 bits per heavy atom. The van der Waals surface area contributed by atoms with E-state index < -0.39 is 5.97 Å². The fourth-order valence-electron chi connectivity index (χ4n) is 2.01. The minimum Gasteiger partial charge on any atom is -0.476 e. The Morgan fingerprint density at radius 3 is 2.88 bits per heavy atom. The summed E-state index contributed by atoms with van der Waals surface area (Å²) in [5.74, 6) is 0.400. The van der Waals surface area contributed by atoms with Gasteiger partial charge in [-0.2, -0.15) is 0 Å². The van der Waals surface area contributed by atoms with Gasteiger partial charge in [0.1, 0.15) is 0 Å². The number of carboxylic acids is 1. The summed E-state index contributed by atoms with van der Waals surface area (Å²) in [4.78, 5) is 12.8. The van der Waals surface area contributed by atoms with Crippen molar-refractivity contribution in [1.82, 2.24) is 10.2 Å². The van der Waals surface area contributed by atoms with Gasteiger partial charge in [-0.1, -0.05) is 6.92 Å². The van der Waals surface area contributed by atoms with Crippen molar-refractivity contribution in [2.75, 3.05) is 18.0 Å². The second-order valence-corrected chi connectivity index (χ2v) is 4.28. The molecule has 0 saturated carbocycles. The average molecular weight is 221 g/mol. The van der Waals surface area contributed by atoms with Gasteiger partial charge >= 0.3 is 5.97 Å². The van der Waals surface area contributed by atoms with Crippen molar-refractivity contribution in [3.8, 4) is 0 Å². The van der Waals surface area contributed by atoms with E-state index in [9.17, 15) is 4.79 Å². The molecule has 1 aliphatic rings. The lowest BCUT2D eigenvalue weighted by atomic mass is 10.0. The van der Waals surface area contributed by atoms with E-state index >= 15 is 0 Å². The van der Waals surface area contributed by atoms with Crippen molar-refractivity contribution in [3.05, 3.63) is 17.8 Å². The molecule has 1 fully saturated rings. The minimum absolute atomic E-state index is 0.00573. The van der Waals surface area contributed by atoms with Crippen LogP contribution in [0.25, 0.3) is 0 Å². The number of hydrogen-bond acceptors (Lipinski definition) is 4. The van der Waals surface area contributed by atoms with E-state index in [2.05, 4.69) is 22.0 Å². The van der Waals surface area contributed by atoms with Crippen LogP contribution in [0.1, 0.15) is 30.3 Å². The van der Waals surface area contributed by atoms with Crippen LogP contribution in [0.4, 0.5) is 5.82 Å². The van der Waals surface area contributed by atoms with Crippen molar-refractivity contribution in [2.24, 2.45) is 5.92 Å². The zero-order valence-corrected chi connectivity index (χ0v) is 9.26. The molecule has 0 amide bonds. The third-order valence-corrected chi connectivity index (χ3v) is 2.85. The van der Waals surface area contributed by atoms with Crippen molar-refractivity contribution in [1.29, 1.82) is 0 Å². The van der Waals surface area contributed by atoms with Crippen molar-refractivity contribution in [3.63, 3.8) is 0 Å². The van der Waals surface area contributed by atoms with E-state index in [0.29, 0.717) is 5.92 Å². The van der Waals surface area contributed by atoms with Crippen LogP contribution in [0, 0.1) is 5.92 Å². The van der Waals surface area contributed by atoms with Crippen LogP contribution in [-0.2, 0) is 0 Å². The summed E-state index contributed by atoms with van der Waals surface area (Å²) in [5.41, 5.74) is -0.00573. The molecule has 5 nitrogen and oxygen atoms in total. The van der Waals surface area contributed by atoms with Gasteiger partial charge in [0.2, 0.25) is 0 Å². The number of aromatic carboxylic acids is 1. The summed E-state index contributed by atoms with van der Waals surface area (Å²) in [6, 6.07) is 3.23. The Hall–Kier alpha value is -1.65. The van der Waals surface area contributed by atoms with Crippen LogP contribution in [0.5, 0.6) is 0 Å². The van der Waals surface area contributed by atoms with E-state index in [1.54, 1.807) is 6.07 Å². The number of carboxylic acid groups (broad SMARTS) is 1. The zero-order valence-electron chi connectivity index (χ0n) is 9.26. The molecule has 1 aromatic rings. The zero-order chi connectivity index (χ0) is 11.5. The number of carbonyl (C=O) groups is 1. The molecule has 86 valence electrons. The fourth-order valence-corrected chi connectivity index (χ4v) is 2.01. The number of rotatable bonds is 2. The van der Waals surface area contributed by atoms with Crippen LogP contribution in [0.15, 0.2) is 12.1 Å². The monoisotopic (exact) mass is 221 g/mol. The number of piperidine rings is 1. The summed E-state index contributed by atoms with van der Waals surface area (Å²) in [5, 5.41) is 16.4. The quantitative estimate of drug-likeness (QED) is 0.817. The van der Waals surface area contributed by atoms with Crippen LogP contribution in [-0.4, -0.2) is 34.4 Å². The first-order chi connectivity index (χ1) is 7.66. The highest BCUT2D eigenvalue weighted by Crippen LogP contribution is 2.20. The third-order valence-electron chi connectivity index (χ3n) is 2.85. The third kappa shape index (κ3) is 2.29. The molecule has 16 heavy (non-hydrogen) atoms. The normalized spacial score (nSPS) is 20.8. The molecule has 2 rings (SSSR count). The molecule has 1 aromatic heterocycles. The van der Waals surface area contributed by atoms with Crippen LogP contribution >= 0.6 is 0 Å². The Bertz CT molecular complexity index is 377. The lowest BCUT2D eigenvalue weighted by Crippen LogP contribution is -2.35. The maximum absolute atomic E-state index is 10.6. The highest BCUT2D eigenvalue weighted by molar-refractivity contribution is 5.85. The molecule has 0 bridgehead atoms. The smallest absolute Gasteiger partial charge is 0.356 e. The fraction of sp³-hybridized carbons (Fsp3) is 0.545. The van der Waals surface area contributed by atoms with Gasteiger partial charge in [-0.3, -0.25) is 0 Å². The van der Waals surface area contributed by atoms with Gasteiger partial charge in [0, 0.05) is 13.1 Å². The number of anilines is 1. The summed E-state index contributed by atoms with van der Waals surface area (Å²) >= 11 is 0. The molecule has 0 spiro atoms. The second kappa shape index (κ2) is 4.47. The molecule has 5 heteroatoms. The number of hydrogen-bond donors (Lipinski definition) is 1. The van der Waals surface area contributed by atoms with E-state index in [4.69, 9.17) is 5.11 Å². The van der Waals surface area contributed by atoms with Gasteiger partial charge in [-0.15, -0.1) is 10.2 Å². The van der Waals surface area contributed by atoms with Crippen LogP contribution < -0.4 is 4.90 Å². The molecule has 0 radical (unpaired) electrons. The van der Waals surface area contributed by atoms with Gasteiger partial charge in [-0.25, -0.2) is 4.79 Å². The summed E-state index contributed by atoms with van der Waals surface area (Å²) in [6.07, 6.45) is 2.40. The topological polar surface area (TPSA) is 66.3 Å². The van der Waals surface area contributed by atoms with Gasteiger partial charge < -0.3 is 10.0 Å². The van der Waals surface area contributed by atoms with E-state index in [1.807, 2.05) is 0 Å². The summed E-state index contributed by atoms with van der Waals surface area (Å²) in [7, 11) is 0. The average Bonchev–Trinajstić information content (AvgIpc) is 2.29. The molecule has 0 unspecified atom stereocenters. The molecule has 2 heterocycles. The largest absolute Gasteiger partial charge is 0.476 e. The molecule has 1 aliphatic heterocycles. The molecule has 0 aliphatic carbocycles. The molecule has 1 atom stereocenters. The summed E-state index contributed by atoms with van der Waals surface area (Å²) in [6.45, 7) is 4.16. The maximum Gasteiger partial charge on any atom is 0.356 e. The van der Waals surface area contributed by atoms with Crippen molar-refractivity contribution in [2.45, 2.75) is 19.8 Å². The van der Waals surface area contributed by atoms with E-state index in [1.165, 1.54) is 12.5 Å². The lowest BCUT2D eigenvalue weighted by molar-refractivity contribution is 0.0689. The SMILES string of the molecule is C[C@@H]1CCCN(c2ccc(C(=O)O)nn2)C1. The van der Waals surface area contributed by atoms with Gasteiger partial charge in [0.05, 0.1) is 0 Å². The number of nitrogens with zero attached hydrogens (tertiary/aromatic N) is 3. The first kappa shape index (κ1) is 10.9. The van der Waals surface area contributed by atoms with Crippen molar-refractivity contribution < 1.29 is 9.90 Å².